The fourth-order valence-electron chi connectivity index (χ4n) is 3.78. The molecule has 1 aromatic rings. The summed E-state index contributed by atoms with van der Waals surface area (Å²) in [6.07, 6.45) is 8.86. The van der Waals surface area contributed by atoms with Gasteiger partial charge in [-0.05, 0) is 68.7 Å². The molecule has 0 amide bonds. The van der Waals surface area contributed by atoms with Crippen molar-refractivity contribution in [2.45, 2.75) is 57.2 Å². The van der Waals surface area contributed by atoms with E-state index in [1.54, 1.807) is 7.11 Å². The van der Waals surface area contributed by atoms with Gasteiger partial charge < -0.3 is 9.47 Å². The second-order valence-electron chi connectivity index (χ2n) is 6.39. The number of fused-ring (bicyclic) bond motifs is 1. The minimum atomic E-state index is 0.260. The lowest BCUT2D eigenvalue weighted by atomic mass is 10.0. The van der Waals surface area contributed by atoms with E-state index in [0.29, 0.717) is 6.10 Å². The van der Waals surface area contributed by atoms with E-state index < -0.39 is 0 Å². The van der Waals surface area contributed by atoms with E-state index in [1.165, 1.54) is 24.8 Å². The SMILES string of the molecule is COc1ccc(C2=C3CCCC3ON2)cc1OC1CCCC1. The number of methoxy groups -OCH3 is 1. The first kappa shape index (κ1) is 13.9. The molecule has 1 aromatic carbocycles. The molecule has 0 saturated heterocycles. The van der Waals surface area contributed by atoms with Crippen molar-refractivity contribution in [3.8, 4) is 11.5 Å². The lowest BCUT2D eigenvalue weighted by Gasteiger charge is -2.17. The van der Waals surface area contributed by atoms with E-state index in [1.807, 2.05) is 6.07 Å². The predicted octanol–water partition coefficient (Wildman–Crippen LogP) is 3.82. The zero-order valence-corrected chi connectivity index (χ0v) is 13.1. The Morgan fingerprint density at radius 2 is 1.95 bits per heavy atom. The monoisotopic (exact) mass is 301 g/mol. The van der Waals surface area contributed by atoms with E-state index in [9.17, 15) is 0 Å². The van der Waals surface area contributed by atoms with Gasteiger partial charge in [0.05, 0.1) is 18.9 Å². The van der Waals surface area contributed by atoms with Crippen molar-refractivity contribution in [3.63, 3.8) is 0 Å². The molecule has 1 atom stereocenters. The second-order valence-corrected chi connectivity index (χ2v) is 6.39. The quantitative estimate of drug-likeness (QED) is 0.918. The number of hydrogen-bond donors (Lipinski definition) is 1. The molecule has 2 fully saturated rings. The molecule has 0 radical (unpaired) electrons. The van der Waals surface area contributed by atoms with Crippen LogP contribution in [-0.2, 0) is 4.84 Å². The summed E-state index contributed by atoms with van der Waals surface area (Å²) in [5.41, 5.74) is 6.78. The molecule has 2 aliphatic carbocycles. The maximum absolute atomic E-state index is 6.19. The standard InChI is InChI=1S/C18H23NO3/c1-20-16-10-9-12(11-17(16)21-13-5-2-3-6-13)18-14-7-4-8-15(14)22-19-18/h9-11,13,15,19H,2-8H2,1H3. The average Bonchev–Trinajstić information content (AvgIpc) is 3.24. The third kappa shape index (κ3) is 2.45. The summed E-state index contributed by atoms with van der Waals surface area (Å²) in [5.74, 6) is 1.66. The normalized spacial score (nSPS) is 24.5. The highest BCUT2D eigenvalue weighted by atomic mass is 16.7. The number of hydroxylamine groups is 1. The summed E-state index contributed by atoms with van der Waals surface area (Å²) >= 11 is 0. The molecule has 4 heteroatoms. The van der Waals surface area contributed by atoms with Gasteiger partial charge in [0.25, 0.3) is 0 Å². The molecular formula is C18H23NO3. The zero-order chi connectivity index (χ0) is 14.9. The Morgan fingerprint density at radius 3 is 2.77 bits per heavy atom. The summed E-state index contributed by atoms with van der Waals surface area (Å²) in [6, 6.07) is 6.17. The van der Waals surface area contributed by atoms with Crippen LogP contribution in [0.25, 0.3) is 5.70 Å². The first-order valence-corrected chi connectivity index (χ1v) is 8.35. The van der Waals surface area contributed by atoms with Crippen LogP contribution in [0.3, 0.4) is 0 Å². The molecule has 4 nitrogen and oxygen atoms in total. The van der Waals surface area contributed by atoms with Gasteiger partial charge in [-0.2, -0.15) is 0 Å². The Morgan fingerprint density at radius 1 is 1.09 bits per heavy atom. The largest absolute Gasteiger partial charge is 0.493 e. The molecule has 22 heavy (non-hydrogen) atoms. The fraction of sp³-hybridized carbons (Fsp3) is 0.556. The van der Waals surface area contributed by atoms with E-state index >= 15 is 0 Å². The van der Waals surface area contributed by atoms with E-state index in [0.717, 1.165) is 48.4 Å². The van der Waals surface area contributed by atoms with Crippen molar-refractivity contribution in [3.05, 3.63) is 29.3 Å². The minimum Gasteiger partial charge on any atom is -0.493 e. The molecule has 3 aliphatic rings. The molecule has 118 valence electrons. The lowest BCUT2D eigenvalue weighted by Crippen LogP contribution is -2.13. The van der Waals surface area contributed by atoms with Crippen LogP contribution >= 0.6 is 0 Å². The van der Waals surface area contributed by atoms with Crippen molar-refractivity contribution in [1.29, 1.82) is 0 Å². The number of ether oxygens (including phenoxy) is 2. The Kier molecular flexibility index (Phi) is 3.70. The molecule has 1 N–H and O–H groups in total. The summed E-state index contributed by atoms with van der Waals surface area (Å²) in [7, 11) is 1.70. The van der Waals surface area contributed by atoms with E-state index in [4.69, 9.17) is 14.3 Å². The van der Waals surface area contributed by atoms with Crippen LogP contribution in [0.15, 0.2) is 23.8 Å². The number of rotatable bonds is 4. The molecule has 0 spiro atoms. The number of nitrogens with one attached hydrogen (secondary N) is 1. The maximum atomic E-state index is 6.19. The molecule has 0 bridgehead atoms. The Bertz CT molecular complexity index is 590. The maximum Gasteiger partial charge on any atom is 0.162 e. The highest BCUT2D eigenvalue weighted by Crippen LogP contribution is 2.39. The first-order valence-electron chi connectivity index (χ1n) is 8.35. The van der Waals surface area contributed by atoms with Gasteiger partial charge in [0.15, 0.2) is 11.5 Å². The van der Waals surface area contributed by atoms with Crippen molar-refractivity contribution in [2.24, 2.45) is 0 Å². The first-order chi connectivity index (χ1) is 10.8. The molecule has 4 rings (SSSR count). The molecular weight excluding hydrogens is 278 g/mol. The third-order valence-corrected chi connectivity index (χ3v) is 4.97. The Labute approximate surface area is 131 Å². The Hall–Kier alpha value is -1.68. The Balaban J connectivity index is 1.64. The number of benzene rings is 1. The summed E-state index contributed by atoms with van der Waals surface area (Å²) in [4.78, 5) is 5.68. The van der Waals surface area contributed by atoms with Gasteiger partial charge in [0, 0.05) is 5.56 Å². The van der Waals surface area contributed by atoms with E-state index in [-0.39, 0.29) is 6.10 Å². The zero-order valence-electron chi connectivity index (χ0n) is 13.1. The highest BCUT2D eigenvalue weighted by Gasteiger charge is 2.32. The van der Waals surface area contributed by atoms with Crippen LogP contribution < -0.4 is 15.0 Å². The topological polar surface area (TPSA) is 39.7 Å². The fourth-order valence-corrected chi connectivity index (χ4v) is 3.78. The predicted molar refractivity (Wildman–Crippen MR) is 84.7 cm³/mol. The lowest BCUT2D eigenvalue weighted by molar-refractivity contribution is 0.0494. The van der Waals surface area contributed by atoms with Crippen LogP contribution in [0.1, 0.15) is 50.5 Å². The van der Waals surface area contributed by atoms with Gasteiger partial charge in [-0.1, -0.05) is 0 Å². The van der Waals surface area contributed by atoms with Gasteiger partial charge in [0.1, 0.15) is 6.10 Å². The van der Waals surface area contributed by atoms with Gasteiger partial charge in [-0.3, -0.25) is 10.3 Å². The van der Waals surface area contributed by atoms with Gasteiger partial charge in [0.2, 0.25) is 0 Å². The molecule has 1 aliphatic heterocycles. The van der Waals surface area contributed by atoms with Crippen molar-refractivity contribution < 1.29 is 14.3 Å². The third-order valence-electron chi connectivity index (χ3n) is 4.97. The number of hydrogen-bond acceptors (Lipinski definition) is 4. The molecule has 2 saturated carbocycles. The minimum absolute atomic E-state index is 0.260. The van der Waals surface area contributed by atoms with Crippen LogP contribution in [0.5, 0.6) is 11.5 Å². The van der Waals surface area contributed by atoms with Crippen LogP contribution in [0.4, 0.5) is 0 Å². The van der Waals surface area contributed by atoms with Crippen molar-refractivity contribution in [1.82, 2.24) is 5.48 Å². The van der Waals surface area contributed by atoms with Gasteiger partial charge in [-0.15, -0.1) is 0 Å². The average molecular weight is 301 g/mol. The summed E-state index contributed by atoms with van der Waals surface area (Å²) in [5, 5.41) is 0. The van der Waals surface area contributed by atoms with E-state index in [2.05, 4.69) is 17.6 Å². The van der Waals surface area contributed by atoms with Gasteiger partial charge in [-0.25, -0.2) is 0 Å². The van der Waals surface area contributed by atoms with Crippen LogP contribution in [-0.4, -0.2) is 19.3 Å². The molecule has 0 aromatic heterocycles. The second kappa shape index (κ2) is 5.84. The molecule has 1 unspecified atom stereocenters. The molecule has 1 heterocycles. The smallest absolute Gasteiger partial charge is 0.162 e. The van der Waals surface area contributed by atoms with Crippen molar-refractivity contribution in [2.75, 3.05) is 7.11 Å². The van der Waals surface area contributed by atoms with Gasteiger partial charge >= 0.3 is 0 Å². The summed E-state index contributed by atoms with van der Waals surface area (Å²) in [6.45, 7) is 0. The summed E-state index contributed by atoms with van der Waals surface area (Å²) < 4.78 is 11.7. The van der Waals surface area contributed by atoms with Crippen LogP contribution in [0, 0.1) is 0 Å². The van der Waals surface area contributed by atoms with Crippen molar-refractivity contribution >= 4 is 5.70 Å². The van der Waals surface area contributed by atoms with Crippen LogP contribution in [0.2, 0.25) is 0 Å². The highest BCUT2D eigenvalue weighted by molar-refractivity contribution is 5.71.